The average molecular weight is 1660 g/mol. The van der Waals surface area contributed by atoms with Crippen molar-refractivity contribution in [2.24, 2.45) is 40.7 Å². The van der Waals surface area contributed by atoms with E-state index in [9.17, 15) is 112 Å². The molecule has 117 heavy (non-hydrogen) atoms. The molecule has 1 aromatic carbocycles. The van der Waals surface area contributed by atoms with Crippen molar-refractivity contribution in [3.8, 4) is 0 Å². The Morgan fingerprint density at radius 3 is 1.83 bits per heavy atom. The molecule has 0 radical (unpaired) electrons. The van der Waals surface area contributed by atoms with E-state index < -0.39 is 254 Å². The highest BCUT2D eigenvalue weighted by Gasteiger charge is 2.44. The molecule has 0 aliphatic carbocycles. The molecular weight excluding hydrogens is 1540 g/mol. The number of aliphatic hydroxyl groups is 1. The number of unbranched alkanes of at least 4 members (excludes halogenated alkanes) is 4. The lowest BCUT2D eigenvalue weighted by Gasteiger charge is -2.33. The third kappa shape index (κ3) is 33.1. The number of aliphatic carboxylic acids is 3. The average Bonchev–Trinajstić information content (AvgIpc) is 1.79. The number of aliphatic hydroxyl groups excluding tert-OH is 1. The molecule has 0 bridgehead atoms. The second-order valence-corrected chi connectivity index (χ2v) is 28.8. The number of nitrogens with two attached hydrogens (primary N) is 4. The molecule has 17 unspecified atom stereocenters. The largest absolute Gasteiger partial charge is 0.481 e. The van der Waals surface area contributed by atoms with E-state index in [1.165, 1.54) is 13.8 Å². The molecule has 1 saturated heterocycles. The number of aromatic nitrogens is 1. The van der Waals surface area contributed by atoms with E-state index >= 15 is 4.79 Å². The van der Waals surface area contributed by atoms with E-state index in [1.807, 2.05) is 10.6 Å². The molecule has 44 nitrogen and oxygen atoms in total. The van der Waals surface area contributed by atoms with Crippen molar-refractivity contribution in [1.82, 2.24) is 73.7 Å². The predicted molar refractivity (Wildman–Crippen MR) is 410 cm³/mol. The summed E-state index contributed by atoms with van der Waals surface area (Å²) in [4.78, 5) is 279. The number of likely N-dealkylation sites (N-methyl/N-ethyl adjacent to an activating group) is 1. The topological polar surface area (TPSA) is 708 Å². The van der Waals surface area contributed by atoms with Gasteiger partial charge in [-0.25, -0.2) is 9.59 Å². The maximum Gasteiger partial charge on any atom is 0.335 e. The monoisotopic (exact) mass is 1660 g/mol. The van der Waals surface area contributed by atoms with Gasteiger partial charge >= 0.3 is 23.9 Å². The molecule has 3 rings (SSSR count). The summed E-state index contributed by atoms with van der Waals surface area (Å²) in [6, 6.07) is -15.8. The number of primary amides is 3. The molecule has 0 spiro atoms. The third-order valence-electron chi connectivity index (χ3n) is 19.2. The highest BCUT2D eigenvalue weighted by molar-refractivity contribution is 6.03. The van der Waals surface area contributed by atoms with Crippen LogP contribution >= 0.6 is 0 Å². The maximum atomic E-state index is 15.0. The number of benzene rings is 1. The predicted octanol–water partition coefficient (Wildman–Crippen LogP) is -6.57. The van der Waals surface area contributed by atoms with Crippen LogP contribution in [0.4, 0.5) is 0 Å². The zero-order valence-corrected chi connectivity index (χ0v) is 66.7. The van der Waals surface area contributed by atoms with Gasteiger partial charge in [0.25, 0.3) is 0 Å². The minimum absolute atomic E-state index is 0.00641. The summed E-state index contributed by atoms with van der Waals surface area (Å²) in [6.07, 6.45) is -5.51. The number of carboxylic acids is 3. The lowest BCUT2D eigenvalue weighted by atomic mass is 9.94. The summed E-state index contributed by atoms with van der Waals surface area (Å²) in [6.45, 7) is 7.83. The van der Waals surface area contributed by atoms with E-state index in [-0.39, 0.29) is 45.1 Å². The number of H-pyrrole nitrogens is 1. The number of nitrogens with zero attached hydrogens (tertiary/aromatic N) is 1. The minimum atomic E-state index is -2.80. The van der Waals surface area contributed by atoms with Gasteiger partial charge in [-0.15, -0.1) is 0 Å². The van der Waals surface area contributed by atoms with Gasteiger partial charge in [-0.05, 0) is 75.5 Å². The second-order valence-electron chi connectivity index (χ2n) is 28.8. The van der Waals surface area contributed by atoms with E-state index in [0.29, 0.717) is 40.1 Å². The molecule has 650 valence electrons. The number of cyclic esters (lactones) is 1. The number of esters is 1. The smallest absolute Gasteiger partial charge is 0.335 e. The van der Waals surface area contributed by atoms with Gasteiger partial charge in [-0.1, -0.05) is 91.3 Å². The van der Waals surface area contributed by atoms with Crippen LogP contribution in [-0.2, 0) is 112 Å². The number of amides is 16. The van der Waals surface area contributed by atoms with Crippen molar-refractivity contribution in [2.45, 2.75) is 236 Å². The maximum absolute atomic E-state index is 15.0. The highest BCUT2D eigenvalue weighted by atomic mass is 16.5. The Kier molecular flexibility index (Phi) is 41.6. The molecule has 25 N–H and O–H groups in total. The Balaban J connectivity index is 2.28. The van der Waals surface area contributed by atoms with E-state index in [0.717, 1.165) is 60.6 Å². The number of carbonyl (C=O) groups excluding carboxylic acids is 17. The molecular formula is C73H112N18O26. The second kappa shape index (κ2) is 49.1. The number of aromatic amines is 1. The fourth-order valence-corrected chi connectivity index (χ4v) is 12.1. The van der Waals surface area contributed by atoms with Gasteiger partial charge in [0.15, 0.2) is 12.2 Å². The summed E-state index contributed by atoms with van der Waals surface area (Å²) in [7, 11) is 1.70. The lowest BCUT2D eigenvalue weighted by Crippen LogP contribution is -2.65. The standard InChI is InChI=1S/C73H112N18O26/c1-10-34(3)20-14-12-13-15-24-49(94)81-43(27-39-31-78-41-22-17-16-21-40(39)41)64(105)85-45(29-48(76)93)67(108)89-57(59(101)61(77)102)70(111)88-56-38(7)117-73(115)55(35(4)11-2)87-69(110)54(36(5)26-52(97)98)86-66(107)44(28-47(75)92)82-50(95)32-79-68(109)58(60(116-9)72(113)114)90-63(104)42(23-18-19-25-74)83-65(106)46(30-53(99)100)84-62(103)37(6)80-51(96)33-91(8)71(56)112/h16-17,21-22,31,34-38,42-46,54-60,78,101H,10-15,18-20,23-30,32-33,74H2,1-9H3,(H2,75,92)(H2,76,93)(H2,77,102)(H,79,109)(H,80,96)(H,81,94)(H,82,95)(H,83,106)(H,84,103)(H,85,105)(H,86,107)(H,87,110)(H,88,111)(H,89,108)(H,90,104)(H,97,98)(H,99,100)(H,113,114). The first-order valence-electron chi connectivity index (χ1n) is 38.0. The molecule has 2 heterocycles. The normalized spacial score (nSPS) is 22.3. The Bertz CT molecular complexity index is 3900. The van der Waals surface area contributed by atoms with Crippen LogP contribution in [0.15, 0.2) is 30.5 Å². The van der Waals surface area contributed by atoms with E-state index in [1.54, 1.807) is 30.5 Å². The molecule has 0 saturated carbocycles. The number of carbonyl (C=O) groups is 20. The first kappa shape index (κ1) is 99.2. The highest BCUT2D eigenvalue weighted by Crippen LogP contribution is 2.22. The Hall–Kier alpha value is -12.0. The summed E-state index contributed by atoms with van der Waals surface area (Å²) >= 11 is 0. The van der Waals surface area contributed by atoms with Crippen LogP contribution in [0.2, 0.25) is 0 Å². The van der Waals surface area contributed by atoms with Crippen molar-refractivity contribution < 1.29 is 126 Å². The number of rotatable bonds is 37. The zero-order chi connectivity index (χ0) is 88.2. The molecule has 1 fully saturated rings. The van der Waals surface area contributed by atoms with E-state index in [2.05, 4.69) is 72.0 Å². The van der Waals surface area contributed by atoms with Crippen LogP contribution in [0.5, 0.6) is 0 Å². The van der Waals surface area contributed by atoms with E-state index in [4.69, 9.17) is 32.4 Å². The summed E-state index contributed by atoms with van der Waals surface area (Å²) in [5.74, 6) is -30.3. The Morgan fingerprint density at radius 2 is 1.23 bits per heavy atom. The third-order valence-corrected chi connectivity index (χ3v) is 19.2. The molecule has 1 aliphatic heterocycles. The summed E-state index contributed by atoms with van der Waals surface area (Å²) in [5, 5.41) is 68.4. The first-order chi connectivity index (χ1) is 55.0. The van der Waals surface area contributed by atoms with Crippen LogP contribution in [0.3, 0.4) is 0 Å². The number of carboxylic acid groups (broad SMARTS) is 3. The molecule has 44 heteroatoms. The Morgan fingerprint density at radius 1 is 0.624 bits per heavy atom. The van der Waals surface area contributed by atoms with Crippen LogP contribution in [0.1, 0.15) is 150 Å². The Labute approximate surface area is 672 Å². The zero-order valence-electron chi connectivity index (χ0n) is 66.7. The van der Waals surface area contributed by atoms with Crippen molar-refractivity contribution in [1.29, 1.82) is 0 Å². The molecule has 1 aliphatic rings. The van der Waals surface area contributed by atoms with Gasteiger partial charge in [0.2, 0.25) is 94.5 Å². The van der Waals surface area contributed by atoms with Gasteiger partial charge in [0.1, 0.15) is 72.6 Å². The molecule has 1 aromatic heterocycles. The first-order valence-corrected chi connectivity index (χ1v) is 38.0. The van der Waals surface area contributed by atoms with Gasteiger partial charge < -0.3 is 127 Å². The number of ether oxygens (including phenoxy) is 2. The number of para-hydroxylation sites is 1. The lowest BCUT2D eigenvalue weighted by molar-refractivity contribution is -0.159. The van der Waals surface area contributed by atoms with Crippen molar-refractivity contribution >= 4 is 129 Å². The van der Waals surface area contributed by atoms with Crippen molar-refractivity contribution in [3.63, 3.8) is 0 Å². The number of hydrogen-bond donors (Lipinski definition) is 21. The minimum Gasteiger partial charge on any atom is -0.481 e. The summed E-state index contributed by atoms with van der Waals surface area (Å²) < 4.78 is 10.8. The SMILES string of the molecule is CCC(C)CCCCCCC(=O)NC(Cc1c[nH]c2ccccc12)C(=O)NC(CC(N)=O)C(=O)NC(C(=O)NC1C(=O)N(C)CC(=O)NC(C)C(=O)NC(CC(=O)O)C(=O)NC(CCCCN)C(=O)NC(C(OC)C(=O)O)C(=O)NCC(=O)NC(CC(N)=O)C(=O)NC(C(C)CC(=O)O)C(=O)NC(C(C)CC)C(=O)OC1C)C(O)C(N)=O. The van der Waals surface area contributed by atoms with Gasteiger partial charge in [-0.2, -0.15) is 0 Å². The van der Waals surface area contributed by atoms with Crippen LogP contribution in [0, 0.1) is 17.8 Å². The number of fused-ring (bicyclic) bond motifs is 1. The number of nitrogens with one attached hydrogen (secondary N) is 13. The number of methoxy groups -OCH3 is 1. The van der Waals surface area contributed by atoms with Gasteiger partial charge in [0.05, 0.1) is 38.8 Å². The fraction of sp³-hybridized carbons (Fsp3) is 0.616. The fourth-order valence-electron chi connectivity index (χ4n) is 12.1. The van der Waals surface area contributed by atoms with Crippen molar-refractivity contribution in [3.05, 3.63) is 36.0 Å². The molecule has 2 aromatic rings. The molecule has 16 amide bonds. The van der Waals surface area contributed by atoms with Crippen LogP contribution in [-0.4, -0.2) is 267 Å². The number of hydrogen-bond acceptors (Lipinski definition) is 24. The van der Waals surface area contributed by atoms with Crippen LogP contribution in [0.25, 0.3) is 10.9 Å². The quantitative estimate of drug-likeness (QED) is 0.0221. The van der Waals surface area contributed by atoms with Gasteiger partial charge in [0, 0.05) is 44.1 Å². The van der Waals surface area contributed by atoms with Gasteiger partial charge in [-0.3, -0.25) is 86.3 Å². The summed E-state index contributed by atoms with van der Waals surface area (Å²) in [5.41, 5.74) is 23.4. The van der Waals surface area contributed by atoms with Crippen LogP contribution < -0.4 is 86.7 Å². The van der Waals surface area contributed by atoms with Crippen molar-refractivity contribution in [2.75, 3.05) is 33.8 Å². The molecule has 17 atom stereocenters.